The number of piperazine rings is 1. The van der Waals surface area contributed by atoms with E-state index in [0.717, 1.165) is 4.90 Å². The summed E-state index contributed by atoms with van der Waals surface area (Å²) in [7, 11) is 0. The van der Waals surface area contributed by atoms with Gasteiger partial charge in [-0.1, -0.05) is 6.92 Å². The molecule has 1 saturated heterocycles. The van der Waals surface area contributed by atoms with Gasteiger partial charge in [-0.15, -0.1) is 13.2 Å². The zero-order valence-electron chi connectivity index (χ0n) is 11.0. The highest BCUT2D eigenvalue weighted by atomic mass is 19.4. The Morgan fingerprint density at radius 2 is 2.00 bits per heavy atom. The molecule has 0 radical (unpaired) electrons. The van der Waals surface area contributed by atoms with E-state index in [1.54, 1.807) is 6.92 Å². The molecule has 2 atom stereocenters. The summed E-state index contributed by atoms with van der Waals surface area (Å²) in [5.74, 6) is -0.774. The van der Waals surface area contributed by atoms with Crippen molar-refractivity contribution < 1.29 is 27.5 Å². The number of hydrogen-bond acceptors (Lipinski definition) is 3. The third-order valence-electron chi connectivity index (χ3n) is 3.34. The van der Waals surface area contributed by atoms with Crippen molar-refractivity contribution in [2.24, 2.45) is 0 Å². The Labute approximate surface area is 109 Å². The van der Waals surface area contributed by atoms with E-state index in [1.165, 1.54) is 13.8 Å². The Morgan fingerprint density at radius 1 is 1.42 bits per heavy atom. The predicted octanol–water partition coefficient (Wildman–Crippen LogP) is 1.04. The van der Waals surface area contributed by atoms with Gasteiger partial charge in [-0.3, -0.25) is 14.3 Å². The van der Waals surface area contributed by atoms with Crippen LogP contribution >= 0.6 is 0 Å². The average molecular weight is 282 g/mol. The molecule has 1 fully saturated rings. The van der Waals surface area contributed by atoms with Gasteiger partial charge in [-0.05, 0) is 20.3 Å². The van der Waals surface area contributed by atoms with E-state index >= 15 is 0 Å². The summed E-state index contributed by atoms with van der Waals surface area (Å²) in [6, 6.07) is -0.738. The molecule has 0 aliphatic carbocycles. The third-order valence-corrected chi connectivity index (χ3v) is 3.34. The highest BCUT2D eigenvalue weighted by Gasteiger charge is 2.47. The molecule has 8 heteroatoms. The topological polar surface area (TPSA) is 58.6 Å². The van der Waals surface area contributed by atoms with Crippen molar-refractivity contribution in [2.45, 2.75) is 45.1 Å². The van der Waals surface area contributed by atoms with Crippen LogP contribution in [0.1, 0.15) is 27.2 Å². The highest BCUT2D eigenvalue weighted by Crippen LogP contribution is 2.25. The molecule has 0 aromatic rings. The average Bonchev–Trinajstić information content (AvgIpc) is 2.29. The molecular formula is C11H17F3N2O3. The van der Waals surface area contributed by atoms with Crippen molar-refractivity contribution in [2.75, 3.05) is 13.2 Å². The molecule has 0 saturated carbocycles. The number of rotatable bonds is 4. The first-order chi connectivity index (χ1) is 8.62. The van der Waals surface area contributed by atoms with E-state index < -0.39 is 30.5 Å². The Morgan fingerprint density at radius 3 is 2.47 bits per heavy atom. The van der Waals surface area contributed by atoms with Crippen molar-refractivity contribution >= 4 is 11.8 Å². The van der Waals surface area contributed by atoms with E-state index in [1.807, 2.05) is 0 Å². The van der Waals surface area contributed by atoms with Crippen LogP contribution in [0.5, 0.6) is 0 Å². The first-order valence-corrected chi connectivity index (χ1v) is 5.95. The number of carbonyl (C=O) groups excluding carboxylic acids is 2. The van der Waals surface area contributed by atoms with Crippen molar-refractivity contribution in [3.05, 3.63) is 0 Å². The molecule has 0 aromatic heterocycles. The van der Waals surface area contributed by atoms with Crippen molar-refractivity contribution in [3.8, 4) is 0 Å². The van der Waals surface area contributed by atoms with E-state index in [4.69, 9.17) is 0 Å². The van der Waals surface area contributed by atoms with Gasteiger partial charge in [0.15, 0.2) is 0 Å². The molecule has 110 valence electrons. The molecule has 1 aliphatic heterocycles. The van der Waals surface area contributed by atoms with Crippen molar-refractivity contribution in [3.63, 3.8) is 0 Å². The Kier molecular flexibility index (Phi) is 4.44. The molecule has 1 N–H and O–H groups in total. The highest BCUT2D eigenvalue weighted by molar-refractivity contribution is 5.99. The molecule has 2 amide bonds. The molecule has 0 aromatic carbocycles. The summed E-state index contributed by atoms with van der Waals surface area (Å²) in [4.78, 5) is 25.0. The quantitative estimate of drug-likeness (QED) is 0.838. The van der Waals surface area contributed by atoms with Gasteiger partial charge in [0.2, 0.25) is 11.8 Å². The van der Waals surface area contributed by atoms with Gasteiger partial charge in [0, 0.05) is 6.54 Å². The van der Waals surface area contributed by atoms with Crippen LogP contribution in [0.15, 0.2) is 0 Å². The van der Waals surface area contributed by atoms with Gasteiger partial charge >= 0.3 is 6.36 Å². The molecule has 0 bridgehead atoms. The van der Waals surface area contributed by atoms with Gasteiger partial charge in [-0.2, -0.15) is 0 Å². The fourth-order valence-corrected chi connectivity index (χ4v) is 1.97. The Hall–Kier alpha value is -1.31. The minimum atomic E-state index is -4.74. The lowest BCUT2D eigenvalue weighted by molar-refractivity contribution is -0.325. The van der Waals surface area contributed by atoms with Crippen LogP contribution in [-0.2, 0) is 14.3 Å². The van der Waals surface area contributed by atoms with Gasteiger partial charge in [0.25, 0.3) is 0 Å². The van der Waals surface area contributed by atoms with Gasteiger partial charge in [-0.25, -0.2) is 0 Å². The van der Waals surface area contributed by atoms with Crippen LogP contribution in [-0.4, -0.2) is 47.8 Å². The van der Waals surface area contributed by atoms with Crippen LogP contribution in [0.25, 0.3) is 0 Å². The van der Waals surface area contributed by atoms with Crippen LogP contribution in [0.4, 0.5) is 13.2 Å². The van der Waals surface area contributed by atoms with Gasteiger partial charge in [0.1, 0.15) is 11.6 Å². The molecule has 1 rings (SSSR count). The fourth-order valence-electron chi connectivity index (χ4n) is 1.97. The number of amides is 2. The van der Waals surface area contributed by atoms with E-state index in [-0.39, 0.29) is 12.5 Å². The first kappa shape index (κ1) is 15.7. The maximum atomic E-state index is 12.0. The molecule has 5 nitrogen and oxygen atoms in total. The van der Waals surface area contributed by atoms with Crippen LogP contribution in [0.3, 0.4) is 0 Å². The number of ether oxygens (including phenoxy) is 1. The van der Waals surface area contributed by atoms with Crippen molar-refractivity contribution in [1.29, 1.82) is 0 Å². The number of alkyl halides is 3. The monoisotopic (exact) mass is 282 g/mol. The smallest absolute Gasteiger partial charge is 0.343 e. The minimum Gasteiger partial charge on any atom is -0.343 e. The Balaban J connectivity index is 2.80. The summed E-state index contributed by atoms with van der Waals surface area (Å²) in [5.41, 5.74) is -1.14. The molecule has 2 unspecified atom stereocenters. The third kappa shape index (κ3) is 3.37. The molecular weight excluding hydrogens is 265 g/mol. The summed E-state index contributed by atoms with van der Waals surface area (Å²) in [6.07, 6.45) is -4.43. The maximum absolute atomic E-state index is 12.0. The lowest BCUT2D eigenvalue weighted by atomic mass is 9.91. The summed E-state index contributed by atoms with van der Waals surface area (Å²) >= 11 is 0. The van der Waals surface area contributed by atoms with E-state index in [2.05, 4.69) is 10.1 Å². The molecule has 0 spiro atoms. The molecule has 19 heavy (non-hydrogen) atoms. The van der Waals surface area contributed by atoms with Crippen LogP contribution in [0.2, 0.25) is 0 Å². The van der Waals surface area contributed by atoms with Crippen LogP contribution < -0.4 is 5.32 Å². The predicted molar refractivity (Wildman–Crippen MR) is 60.0 cm³/mol. The zero-order chi connectivity index (χ0) is 14.8. The minimum absolute atomic E-state index is 0.277. The number of nitrogens with zero attached hydrogens (tertiary/aromatic N) is 1. The largest absolute Gasteiger partial charge is 0.522 e. The number of carbonyl (C=O) groups is 2. The van der Waals surface area contributed by atoms with Gasteiger partial charge < -0.3 is 10.2 Å². The Bertz CT molecular complexity index is 373. The number of nitrogens with one attached hydrogen (secondary N) is 1. The number of hydrogen-bond donors (Lipinski definition) is 1. The summed E-state index contributed by atoms with van der Waals surface area (Å²) < 4.78 is 39.5. The maximum Gasteiger partial charge on any atom is 0.522 e. The zero-order valence-corrected chi connectivity index (χ0v) is 11.0. The normalized spacial score (nSPS) is 28.5. The first-order valence-electron chi connectivity index (χ1n) is 5.95. The second kappa shape index (κ2) is 5.36. The van der Waals surface area contributed by atoms with E-state index in [9.17, 15) is 22.8 Å². The lowest BCUT2D eigenvalue weighted by Gasteiger charge is -2.45. The molecule has 1 heterocycles. The fraction of sp³-hybridized carbons (Fsp3) is 0.818. The SMILES string of the molecule is CCC1(C)C(=O)NC(C)C(=O)N1CCOC(F)(F)F. The van der Waals surface area contributed by atoms with Crippen LogP contribution in [0, 0.1) is 0 Å². The summed E-state index contributed by atoms with van der Waals surface area (Å²) in [6.45, 7) is 3.75. The lowest BCUT2D eigenvalue weighted by Crippen LogP contribution is -2.69. The summed E-state index contributed by atoms with van der Waals surface area (Å²) in [5, 5.41) is 2.51. The van der Waals surface area contributed by atoms with E-state index in [0.29, 0.717) is 6.42 Å². The van der Waals surface area contributed by atoms with Crippen molar-refractivity contribution in [1.82, 2.24) is 10.2 Å². The van der Waals surface area contributed by atoms with Gasteiger partial charge in [0.05, 0.1) is 6.61 Å². The second-order valence-electron chi connectivity index (χ2n) is 4.61. The standard InChI is InChI=1S/C11H17F3N2O3/c1-4-10(3)9(18)15-7(2)8(17)16(10)5-6-19-11(12,13)14/h7H,4-6H2,1-3H3,(H,15,18). The number of halogens is 3. The molecule has 1 aliphatic rings. The second-order valence-corrected chi connectivity index (χ2v) is 4.61.